The summed E-state index contributed by atoms with van der Waals surface area (Å²) < 4.78 is 0. The predicted octanol–water partition coefficient (Wildman–Crippen LogP) is 2.02. The van der Waals surface area contributed by atoms with E-state index in [1.807, 2.05) is 0 Å². The van der Waals surface area contributed by atoms with Gasteiger partial charge in [-0.05, 0) is 51.7 Å². The zero-order valence-electron chi connectivity index (χ0n) is 11.2. The SMILES string of the molecule is CC1CCCCC1NC(=O)C1CCN(C)CC1. The Hall–Kier alpha value is -0.570. The van der Waals surface area contributed by atoms with Crippen molar-refractivity contribution in [3.63, 3.8) is 0 Å². The molecular weight excluding hydrogens is 212 g/mol. The van der Waals surface area contributed by atoms with Crippen LogP contribution >= 0.6 is 0 Å². The first-order valence-electron chi connectivity index (χ1n) is 7.15. The predicted molar refractivity (Wildman–Crippen MR) is 69.8 cm³/mol. The molecule has 2 atom stereocenters. The van der Waals surface area contributed by atoms with Gasteiger partial charge in [-0.3, -0.25) is 4.79 Å². The second kappa shape index (κ2) is 5.85. The quantitative estimate of drug-likeness (QED) is 0.798. The average Bonchev–Trinajstić information content (AvgIpc) is 2.33. The van der Waals surface area contributed by atoms with Crippen LogP contribution in [0.3, 0.4) is 0 Å². The van der Waals surface area contributed by atoms with Crippen molar-refractivity contribution >= 4 is 5.91 Å². The number of hydrogen-bond donors (Lipinski definition) is 1. The van der Waals surface area contributed by atoms with Gasteiger partial charge in [-0.1, -0.05) is 19.8 Å². The Morgan fingerprint density at radius 2 is 1.76 bits per heavy atom. The van der Waals surface area contributed by atoms with Gasteiger partial charge in [-0.15, -0.1) is 0 Å². The Morgan fingerprint density at radius 3 is 2.41 bits per heavy atom. The van der Waals surface area contributed by atoms with Crippen LogP contribution in [0.25, 0.3) is 0 Å². The molecule has 1 saturated heterocycles. The van der Waals surface area contributed by atoms with Gasteiger partial charge in [0, 0.05) is 12.0 Å². The highest BCUT2D eigenvalue weighted by Crippen LogP contribution is 2.25. The average molecular weight is 238 g/mol. The molecule has 1 N–H and O–H groups in total. The van der Waals surface area contributed by atoms with E-state index in [-0.39, 0.29) is 5.92 Å². The normalized spacial score (nSPS) is 32.4. The molecular formula is C14H26N2O. The van der Waals surface area contributed by atoms with Crippen molar-refractivity contribution in [1.29, 1.82) is 0 Å². The van der Waals surface area contributed by atoms with Crippen LogP contribution in [0.4, 0.5) is 0 Å². The van der Waals surface area contributed by atoms with Crippen LogP contribution in [0.1, 0.15) is 45.4 Å². The number of nitrogens with one attached hydrogen (secondary N) is 1. The number of carbonyl (C=O) groups is 1. The van der Waals surface area contributed by atoms with Gasteiger partial charge >= 0.3 is 0 Å². The number of likely N-dealkylation sites (tertiary alicyclic amines) is 1. The third kappa shape index (κ3) is 3.44. The van der Waals surface area contributed by atoms with E-state index < -0.39 is 0 Å². The fourth-order valence-electron chi connectivity index (χ4n) is 3.10. The Bertz CT molecular complexity index is 259. The first-order valence-corrected chi connectivity index (χ1v) is 7.15. The summed E-state index contributed by atoms with van der Waals surface area (Å²) in [7, 11) is 2.14. The summed E-state index contributed by atoms with van der Waals surface area (Å²) >= 11 is 0. The molecule has 2 fully saturated rings. The van der Waals surface area contributed by atoms with Crippen LogP contribution in [0.15, 0.2) is 0 Å². The lowest BCUT2D eigenvalue weighted by Crippen LogP contribution is -2.46. The highest BCUT2D eigenvalue weighted by Gasteiger charge is 2.28. The lowest BCUT2D eigenvalue weighted by Gasteiger charge is -2.33. The molecule has 1 aliphatic heterocycles. The Labute approximate surface area is 105 Å². The Balaban J connectivity index is 1.79. The van der Waals surface area contributed by atoms with Crippen LogP contribution in [-0.2, 0) is 4.79 Å². The molecule has 17 heavy (non-hydrogen) atoms. The second-order valence-electron chi connectivity index (χ2n) is 5.95. The molecule has 0 radical (unpaired) electrons. The zero-order chi connectivity index (χ0) is 12.3. The van der Waals surface area contributed by atoms with Crippen LogP contribution in [-0.4, -0.2) is 37.0 Å². The molecule has 0 aromatic heterocycles. The minimum atomic E-state index is 0.264. The number of hydrogen-bond acceptors (Lipinski definition) is 2. The topological polar surface area (TPSA) is 32.3 Å². The molecule has 98 valence electrons. The Morgan fingerprint density at radius 1 is 1.12 bits per heavy atom. The number of amides is 1. The van der Waals surface area contributed by atoms with E-state index in [4.69, 9.17) is 0 Å². The van der Waals surface area contributed by atoms with Crippen molar-refractivity contribution in [2.24, 2.45) is 11.8 Å². The fourth-order valence-corrected chi connectivity index (χ4v) is 3.10. The van der Waals surface area contributed by atoms with Crippen molar-refractivity contribution in [2.75, 3.05) is 20.1 Å². The monoisotopic (exact) mass is 238 g/mol. The number of nitrogens with zero attached hydrogens (tertiary/aromatic N) is 1. The van der Waals surface area contributed by atoms with Gasteiger partial charge in [-0.2, -0.15) is 0 Å². The van der Waals surface area contributed by atoms with Crippen LogP contribution in [0.5, 0.6) is 0 Å². The van der Waals surface area contributed by atoms with Crippen molar-refractivity contribution in [1.82, 2.24) is 10.2 Å². The smallest absolute Gasteiger partial charge is 0.223 e. The van der Waals surface area contributed by atoms with Crippen LogP contribution in [0.2, 0.25) is 0 Å². The fraction of sp³-hybridized carbons (Fsp3) is 0.929. The van der Waals surface area contributed by atoms with E-state index in [0.29, 0.717) is 17.9 Å². The largest absolute Gasteiger partial charge is 0.353 e. The molecule has 3 heteroatoms. The lowest BCUT2D eigenvalue weighted by atomic mass is 9.85. The van der Waals surface area contributed by atoms with Gasteiger partial charge in [0.15, 0.2) is 0 Å². The van der Waals surface area contributed by atoms with E-state index in [1.165, 1.54) is 25.7 Å². The van der Waals surface area contributed by atoms with Gasteiger partial charge in [0.1, 0.15) is 0 Å². The number of carbonyl (C=O) groups excluding carboxylic acids is 1. The standard InChI is InChI=1S/C14H26N2O/c1-11-5-3-4-6-13(11)15-14(17)12-7-9-16(2)10-8-12/h11-13H,3-10H2,1-2H3,(H,15,17). The molecule has 2 aliphatic rings. The summed E-state index contributed by atoms with van der Waals surface area (Å²) in [6, 6.07) is 0.441. The minimum absolute atomic E-state index is 0.264. The summed E-state index contributed by atoms with van der Waals surface area (Å²) in [5.41, 5.74) is 0. The summed E-state index contributed by atoms with van der Waals surface area (Å²) in [6.45, 7) is 4.41. The van der Waals surface area contributed by atoms with E-state index in [0.717, 1.165) is 25.9 Å². The third-order valence-electron chi connectivity index (χ3n) is 4.53. The van der Waals surface area contributed by atoms with E-state index in [9.17, 15) is 4.79 Å². The van der Waals surface area contributed by atoms with Gasteiger partial charge in [-0.25, -0.2) is 0 Å². The molecule has 1 amide bonds. The van der Waals surface area contributed by atoms with Crippen molar-refractivity contribution in [3.05, 3.63) is 0 Å². The van der Waals surface area contributed by atoms with Gasteiger partial charge in [0.25, 0.3) is 0 Å². The van der Waals surface area contributed by atoms with Crippen molar-refractivity contribution in [2.45, 2.75) is 51.5 Å². The molecule has 0 spiro atoms. The Kier molecular flexibility index (Phi) is 4.43. The molecule has 2 unspecified atom stereocenters. The molecule has 3 nitrogen and oxygen atoms in total. The highest BCUT2D eigenvalue weighted by atomic mass is 16.1. The van der Waals surface area contributed by atoms with Crippen molar-refractivity contribution in [3.8, 4) is 0 Å². The van der Waals surface area contributed by atoms with Gasteiger partial charge < -0.3 is 10.2 Å². The maximum atomic E-state index is 12.2. The molecule has 0 aromatic rings. The molecule has 2 rings (SSSR count). The molecule has 0 aromatic carbocycles. The number of piperidine rings is 1. The van der Waals surface area contributed by atoms with Crippen LogP contribution in [0, 0.1) is 11.8 Å². The highest BCUT2D eigenvalue weighted by molar-refractivity contribution is 5.79. The molecule has 1 saturated carbocycles. The molecule has 1 aliphatic carbocycles. The first kappa shape index (κ1) is 12.9. The summed E-state index contributed by atoms with van der Waals surface area (Å²) in [5.74, 6) is 1.25. The summed E-state index contributed by atoms with van der Waals surface area (Å²) in [6.07, 6.45) is 7.13. The van der Waals surface area contributed by atoms with E-state index in [2.05, 4.69) is 24.2 Å². The first-order chi connectivity index (χ1) is 8.16. The molecule has 0 bridgehead atoms. The maximum Gasteiger partial charge on any atom is 0.223 e. The van der Waals surface area contributed by atoms with Gasteiger partial charge in [0.05, 0.1) is 0 Å². The van der Waals surface area contributed by atoms with E-state index >= 15 is 0 Å². The third-order valence-corrected chi connectivity index (χ3v) is 4.53. The van der Waals surface area contributed by atoms with E-state index in [1.54, 1.807) is 0 Å². The number of rotatable bonds is 2. The van der Waals surface area contributed by atoms with Crippen molar-refractivity contribution < 1.29 is 4.79 Å². The maximum absolute atomic E-state index is 12.2. The minimum Gasteiger partial charge on any atom is -0.353 e. The van der Waals surface area contributed by atoms with Gasteiger partial charge in [0.2, 0.25) is 5.91 Å². The van der Waals surface area contributed by atoms with Crippen LogP contribution < -0.4 is 5.32 Å². The zero-order valence-corrected chi connectivity index (χ0v) is 11.2. The summed E-state index contributed by atoms with van der Waals surface area (Å²) in [5, 5.41) is 3.30. The lowest BCUT2D eigenvalue weighted by molar-refractivity contribution is -0.127. The second-order valence-corrected chi connectivity index (χ2v) is 5.95. The summed E-state index contributed by atoms with van der Waals surface area (Å²) in [4.78, 5) is 14.5. The molecule has 1 heterocycles.